The number of carbonyl (C=O) groups excluding carboxylic acids is 1. The summed E-state index contributed by atoms with van der Waals surface area (Å²) in [5.74, 6) is 0. The van der Waals surface area contributed by atoms with Gasteiger partial charge in [-0.2, -0.15) is 0 Å². The summed E-state index contributed by atoms with van der Waals surface area (Å²) in [6.45, 7) is 4.03. The molecule has 0 aromatic rings. The van der Waals surface area contributed by atoms with Gasteiger partial charge in [-0.3, -0.25) is 4.79 Å². The van der Waals surface area contributed by atoms with Gasteiger partial charge in [0.1, 0.15) is 0 Å². The average molecular weight is 148 g/mol. The van der Waals surface area contributed by atoms with Crippen molar-refractivity contribution < 1.29 is 4.79 Å². The van der Waals surface area contributed by atoms with Crippen LogP contribution in [0.1, 0.15) is 12.8 Å². The Morgan fingerprint density at radius 1 is 1.67 bits per heavy atom. The summed E-state index contributed by atoms with van der Waals surface area (Å²) in [6, 6.07) is 0. The van der Waals surface area contributed by atoms with Crippen molar-refractivity contribution in [2.75, 3.05) is 6.54 Å². The Hall–Kier alpha value is -0.340. The van der Waals surface area contributed by atoms with Crippen LogP contribution in [0.2, 0.25) is 0 Å². The predicted molar refractivity (Wildman–Crippen MR) is 38.3 cm³/mol. The van der Waals surface area contributed by atoms with Gasteiger partial charge in [-0.15, -0.1) is 0 Å². The smallest absolute Gasteiger partial charge is 0.247 e. The van der Waals surface area contributed by atoms with Crippen LogP contribution in [0.15, 0.2) is 12.2 Å². The van der Waals surface area contributed by atoms with Gasteiger partial charge in [0.25, 0.3) is 0 Å². The summed E-state index contributed by atoms with van der Waals surface area (Å²) in [7, 11) is 0. The maximum Gasteiger partial charge on any atom is 0.247 e. The van der Waals surface area contributed by atoms with Crippen molar-refractivity contribution in [3.63, 3.8) is 0 Å². The van der Waals surface area contributed by atoms with Crippen molar-refractivity contribution in [1.29, 1.82) is 0 Å². The topological polar surface area (TPSA) is 43.1 Å². The molecule has 0 saturated heterocycles. The van der Waals surface area contributed by atoms with Gasteiger partial charge in [-0.25, -0.2) is 0 Å². The van der Waals surface area contributed by atoms with E-state index in [1.165, 1.54) is 0 Å². The molecule has 52 valence electrons. The molecule has 0 aliphatic carbocycles. The third kappa shape index (κ3) is 4.18. The Morgan fingerprint density at radius 2 is 2.22 bits per heavy atom. The van der Waals surface area contributed by atoms with E-state index >= 15 is 0 Å². The molecule has 0 aromatic heterocycles. The average Bonchev–Trinajstić information content (AvgIpc) is 1.82. The highest BCUT2D eigenvalue weighted by atomic mass is 35.5. The van der Waals surface area contributed by atoms with Crippen LogP contribution in [-0.4, -0.2) is 11.8 Å². The molecule has 0 amide bonds. The lowest BCUT2D eigenvalue weighted by atomic mass is 10.2. The molecule has 2 nitrogen and oxygen atoms in total. The van der Waals surface area contributed by atoms with E-state index in [0.717, 1.165) is 6.42 Å². The molecule has 2 N–H and O–H groups in total. The van der Waals surface area contributed by atoms with E-state index in [1.54, 1.807) is 0 Å². The highest BCUT2D eigenvalue weighted by molar-refractivity contribution is 6.67. The molecule has 0 heterocycles. The zero-order valence-electron chi connectivity index (χ0n) is 5.19. The molecule has 0 aromatic carbocycles. The normalized spacial score (nSPS) is 9.11. The molecular weight excluding hydrogens is 138 g/mol. The molecule has 0 spiro atoms. The molecule has 0 unspecified atom stereocenters. The van der Waals surface area contributed by atoms with Gasteiger partial charge in [-0.1, -0.05) is 6.58 Å². The van der Waals surface area contributed by atoms with E-state index in [0.29, 0.717) is 18.5 Å². The first-order valence-corrected chi connectivity index (χ1v) is 3.14. The van der Waals surface area contributed by atoms with Crippen molar-refractivity contribution in [3.05, 3.63) is 12.2 Å². The Morgan fingerprint density at radius 3 is 2.56 bits per heavy atom. The monoisotopic (exact) mass is 147 g/mol. The van der Waals surface area contributed by atoms with Gasteiger partial charge >= 0.3 is 0 Å². The molecule has 0 aliphatic rings. The number of hydrogen-bond donors (Lipinski definition) is 1. The van der Waals surface area contributed by atoms with E-state index in [4.69, 9.17) is 17.3 Å². The molecule has 0 atom stereocenters. The first kappa shape index (κ1) is 8.66. The largest absolute Gasteiger partial charge is 0.330 e. The second-order valence-corrected chi connectivity index (χ2v) is 2.11. The summed E-state index contributed by atoms with van der Waals surface area (Å²) in [4.78, 5) is 10.3. The fraction of sp³-hybridized carbons (Fsp3) is 0.500. The first-order chi connectivity index (χ1) is 4.18. The van der Waals surface area contributed by atoms with Crippen LogP contribution >= 0.6 is 11.6 Å². The number of allylic oxidation sites excluding steroid dienone is 1. The molecule has 0 rings (SSSR count). The van der Waals surface area contributed by atoms with Gasteiger partial charge in [0, 0.05) is 5.57 Å². The maximum absolute atomic E-state index is 10.3. The molecule has 0 fully saturated rings. The molecular formula is C6H10ClNO. The summed E-state index contributed by atoms with van der Waals surface area (Å²) in [5, 5.41) is -0.455. The number of hydrogen-bond acceptors (Lipinski definition) is 2. The van der Waals surface area contributed by atoms with Crippen LogP contribution in [0, 0.1) is 0 Å². The third-order valence-corrected chi connectivity index (χ3v) is 1.23. The lowest BCUT2D eigenvalue weighted by Gasteiger charge is -1.94. The Kier molecular flexibility index (Phi) is 4.36. The van der Waals surface area contributed by atoms with E-state index in [2.05, 4.69) is 6.58 Å². The lowest BCUT2D eigenvalue weighted by molar-refractivity contribution is -0.108. The highest BCUT2D eigenvalue weighted by Crippen LogP contribution is 2.04. The molecule has 0 radical (unpaired) electrons. The summed E-state index contributed by atoms with van der Waals surface area (Å²) >= 11 is 5.08. The fourth-order valence-corrected chi connectivity index (χ4v) is 0.508. The minimum Gasteiger partial charge on any atom is -0.330 e. The van der Waals surface area contributed by atoms with Crippen LogP contribution in [0.25, 0.3) is 0 Å². The SMILES string of the molecule is C=C(CCCN)C(=O)Cl. The number of carbonyl (C=O) groups is 1. The van der Waals surface area contributed by atoms with Crippen molar-refractivity contribution in [2.24, 2.45) is 5.73 Å². The summed E-state index contributed by atoms with van der Waals surface area (Å²) < 4.78 is 0. The van der Waals surface area contributed by atoms with Gasteiger partial charge < -0.3 is 5.73 Å². The van der Waals surface area contributed by atoms with E-state index in [9.17, 15) is 4.79 Å². The number of halogens is 1. The molecule has 0 saturated carbocycles. The van der Waals surface area contributed by atoms with E-state index in [1.807, 2.05) is 0 Å². The molecule has 0 bridgehead atoms. The molecule has 0 aliphatic heterocycles. The molecule has 9 heavy (non-hydrogen) atoms. The zero-order chi connectivity index (χ0) is 7.28. The van der Waals surface area contributed by atoms with Gasteiger partial charge in [0.2, 0.25) is 5.24 Å². The standard InChI is InChI=1S/C6H10ClNO/c1-5(6(7)9)3-2-4-8/h1-4,8H2. The van der Waals surface area contributed by atoms with Crippen LogP contribution in [0.3, 0.4) is 0 Å². The lowest BCUT2D eigenvalue weighted by Crippen LogP contribution is -2.00. The first-order valence-electron chi connectivity index (χ1n) is 2.76. The predicted octanol–water partition coefficient (Wildman–Crippen LogP) is 1.05. The van der Waals surface area contributed by atoms with Gasteiger partial charge in [-0.05, 0) is 31.0 Å². The van der Waals surface area contributed by atoms with Gasteiger partial charge in [0.05, 0.1) is 0 Å². The van der Waals surface area contributed by atoms with Crippen molar-refractivity contribution in [1.82, 2.24) is 0 Å². The van der Waals surface area contributed by atoms with E-state index in [-0.39, 0.29) is 0 Å². The second-order valence-electron chi connectivity index (χ2n) is 1.77. The minimum atomic E-state index is -0.455. The van der Waals surface area contributed by atoms with Crippen LogP contribution in [0.4, 0.5) is 0 Å². The zero-order valence-corrected chi connectivity index (χ0v) is 5.95. The van der Waals surface area contributed by atoms with Crippen LogP contribution in [-0.2, 0) is 4.79 Å². The summed E-state index contributed by atoms with van der Waals surface area (Å²) in [6.07, 6.45) is 1.39. The van der Waals surface area contributed by atoms with Crippen molar-refractivity contribution in [2.45, 2.75) is 12.8 Å². The van der Waals surface area contributed by atoms with Crippen molar-refractivity contribution >= 4 is 16.8 Å². The Labute approximate surface area is 59.7 Å². The summed E-state index contributed by atoms with van der Waals surface area (Å²) in [5.41, 5.74) is 5.63. The van der Waals surface area contributed by atoms with Crippen molar-refractivity contribution in [3.8, 4) is 0 Å². The van der Waals surface area contributed by atoms with Crippen LogP contribution in [0.5, 0.6) is 0 Å². The highest BCUT2D eigenvalue weighted by Gasteiger charge is 1.99. The Bertz CT molecular complexity index is 122. The fourth-order valence-electron chi connectivity index (χ4n) is 0.414. The second kappa shape index (κ2) is 4.53. The molecule has 3 heteroatoms. The minimum absolute atomic E-state index is 0.446. The quantitative estimate of drug-likeness (QED) is 0.477. The Balaban J connectivity index is 3.39. The third-order valence-electron chi connectivity index (χ3n) is 0.961. The number of rotatable bonds is 4. The number of nitrogens with two attached hydrogens (primary N) is 1. The van der Waals surface area contributed by atoms with Gasteiger partial charge in [0.15, 0.2) is 0 Å². The van der Waals surface area contributed by atoms with Crippen LogP contribution < -0.4 is 5.73 Å². The van der Waals surface area contributed by atoms with E-state index < -0.39 is 5.24 Å². The maximum atomic E-state index is 10.3.